The highest BCUT2D eigenvalue weighted by molar-refractivity contribution is 5.76. The Morgan fingerprint density at radius 2 is 1.87 bits per heavy atom. The molecule has 1 aliphatic heterocycles. The van der Waals surface area contributed by atoms with Crippen molar-refractivity contribution in [3.63, 3.8) is 0 Å². The second kappa shape index (κ2) is 9.92. The van der Waals surface area contributed by atoms with Gasteiger partial charge in [0.1, 0.15) is 0 Å². The smallest absolute Gasteiger partial charge is 0.220 e. The normalized spacial score (nSPS) is 15.2. The predicted octanol–water partition coefficient (Wildman–Crippen LogP) is 4.84. The number of aryl methyl sites for hydroxylation is 3. The van der Waals surface area contributed by atoms with Crippen LogP contribution in [0.5, 0.6) is 0 Å². The number of nitrogens with zero attached hydrogens (tertiary/aromatic N) is 2. The third-order valence-electron chi connectivity index (χ3n) is 6.17. The Labute approximate surface area is 184 Å². The van der Waals surface area contributed by atoms with Crippen LogP contribution in [-0.2, 0) is 11.2 Å². The minimum Gasteiger partial charge on any atom is -0.441 e. The van der Waals surface area contributed by atoms with E-state index < -0.39 is 0 Å². The molecule has 0 bridgehead atoms. The summed E-state index contributed by atoms with van der Waals surface area (Å²) in [6.07, 6.45) is 5.06. The van der Waals surface area contributed by atoms with E-state index in [2.05, 4.69) is 65.4 Å². The molecule has 0 aliphatic carbocycles. The molecule has 1 unspecified atom stereocenters. The highest BCUT2D eigenvalue weighted by atomic mass is 16.4. The van der Waals surface area contributed by atoms with Crippen LogP contribution in [0.1, 0.15) is 47.9 Å². The molecule has 0 saturated carbocycles. The molecule has 5 nitrogen and oxygen atoms in total. The van der Waals surface area contributed by atoms with Crippen LogP contribution in [-0.4, -0.2) is 35.4 Å². The molecule has 5 heteroatoms. The summed E-state index contributed by atoms with van der Waals surface area (Å²) < 4.78 is 5.89. The lowest BCUT2D eigenvalue weighted by Crippen LogP contribution is -2.36. The minimum atomic E-state index is 0.0334. The third-order valence-corrected chi connectivity index (χ3v) is 6.17. The van der Waals surface area contributed by atoms with E-state index in [1.165, 1.54) is 29.5 Å². The van der Waals surface area contributed by atoms with Gasteiger partial charge in [-0.3, -0.25) is 9.69 Å². The summed E-state index contributed by atoms with van der Waals surface area (Å²) in [4.78, 5) is 19.4. The van der Waals surface area contributed by atoms with Crippen molar-refractivity contribution in [3.05, 3.63) is 77.3 Å². The maximum Gasteiger partial charge on any atom is 0.220 e. The number of benzene rings is 2. The van der Waals surface area contributed by atoms with Crippen LogP contribution in [0.2, 0.25) is 0 Å². The van der Waals surface area contributed by atoms with Gasteiger partial charge >= 0.3 is 0 Å². The maximum absolute atomic E-state index is 12.5. The van der Waals surface area contributed by atoms with Crippen LogP contribution in [0.25, 0.3) is 11.3 Å². The van der Waals surface area contributed by atoms with Crippen molar-refractivity contribution in [1.29, 1.82) is 0 Å². The number of hydrogen-bond donors (Lipinski definition) is 1. The van der Waals surface area contributed by atoms with Crippen LogP contribution in [0, 0.1) is 13.8 Å². The molecule has 1 saturated heterocycles. The topological polar surface area (TPSA) is 58.4 Å². The molecular formula is C26H31N3O2. The molecule has 1 fully saturated rings. The van der Waals surface area contributed by atoms with Gasteiger partial charge in [-0.05, 0) is 62.5 Å². The number of likely N-dealkylation sites (tertiary alicyclic amines) is 1. The molecule has 162 valence electrons. The summed E-state index contributed by atoms with van der Waals surface area (Å²) in [7, 11) is 0. The summed E-state index contributed by atoms with van der Waals surface area (Å²) in [6.45, 7) is 6.99. The van der Waals surface area contributed by atoms with Gasteiger partial charge in [-0.1, -0.05) is 42.5 Å². The van der Waals surface area contributed by atoms with Crippen molar-refractivity contribution in [1.82, 2.24) is 15.2 Å². The second-order valence-corrected chi connectivity index (χ2v) is 8.39. The Balaban J connectivity index is 1.31. The summed E-state index contributed by atoms with van der Waals surface area (Å²) in [6, 6.07) is 16.9. The third kappa shape index (κ3) is 5.42. The molecule has 0 spiro atoms. The van der Waals surface area contributed by atoms with Gasteiger partial charge in [0.05, 0.1) is 12.2 Å². The van der Waals surface area contributed by atoms with Crippen molar-refractivity contribution in [2.45, 2.75) is 45.6 Å². The van der Waals surface area contributed by atoms with Gasteiger partial charge in [-0.2, -0.15) is 0 Å². The van der Waals surface area contributed by atoms with E-state index in [9.17, 15) is 4.79 Å². The van der Waals surface area contributed by atoms with E-state index in [1.54, 1.807) is 6.20 Å². The van der Waals surface area contributed by atoms with E-state index in [0.717, 1.165) is 24.4 Å². The number of oxazole rings is 1. The number of carbonyl (C=O) groups excluding carboxylic acids is 1. The number of aromatic nitrogens is 1. The maximum atomic E-state index is 12.5. The average molecular weight is 418 g/mol. The monoisotopic (exact) mass is 417 g/mol. The minimum absolute atomic E-state index is 0.0334. The first-order valence-electron chi connectivity index (χ1n) is 11.2. The lowest BCUT2D eigenvalue weighted by Gasteiger charge is -2.28. The summed E-state index contributed by atoms with van der Waals surface area (Å²) in [5.41, 5.74) is 4.75. The van der Waals surface area contributed by atoms with E-state index >= 15 is 0 Å². The average Bonchev–Trinajstić information content (AvgIpc) is 3.48. The Kier molecular flexibility index (Phi) is 6.82. The van der Waals surface area contributed by atoms with Crippen LogP contribution in [0.3, 0.4) is 0 Å². The molecule has 4 rings (SSSR count). The molecule has 1 N–H and O–H groups in total. The van der Waals surface area contributed by atoms with Gasteiger partial charge in [0.2, 0.25) is 5.91 Å². The van der Waals surface area contributed by atoms with Crippen LogP contribution < -0.4 is 5.32 Å². The molecule has 1 amide bonds. The lowest BCUT2D eigenvalue weighted by molar-refractivity contribution is -0.121. The van der Waals surface area contributed by atoms with E-state index in [-0.39, 0.29) is 11.9 Å². The van der Waals surface area contributed by atoms with Gasteiger partial charge in [0, 0.05) is 24.9 Å². The predicted molar refractivity (Wildman–Crippen MR) is 123 cm³/mol. The zero-order valence-corrected chi connectivity index (χ0v) is 18.4. The molecule has 2 aromatic carbocycles. The van der Waals surface area contributed by atoms with E-state index in [1.807, 2.05) is 12.1 Å². The number of carbonyl (C=O) groups is 1. The molecule has 0 radical (unpaired) electrons. The summed E-state index contributed by atoms with van der Waals surface area (Å²) in [5, 5.41) is 3.13. The van der Waals surface area contributed by atoms with Gasteiger partial charge in [-0.15, -0.1) is 0 Å². The Morgan fingerprint density at radius 3 is 2.61 bits per heavy atom. The summed E-state index contributed by atoms with van der Waals surface area (Å²) in [5.74, 6) is 1.38. The molecule has 1 aromatic heterocycles. The lowest BCUT2D eigenvalue weighted by atomic mass is 10.1. The molecule has 2 heterocycles. The molecule has 3 aromatic rings. The van der Waals surface area contributed by atoms with Gasteiger partial charge in [0.25, 0.3) is 0 Å². The standard InChI is InChI=1S/C26H31N3O2/c1-19-10-11-22(16-20(19)2)24-18-28-26(31-24)13-12-25(30)27-17-23(29-14-6-7-15-29)21-8-4-3-5-9-21/h3-5,8-11,16,18,23H,6-7,12-15,17H2,1-2H3,(H,27,30). The molecule has 31 heavy (non-hydrogen) atoms. The molecule has 1 atom stereocenters. The SMILES string of the molecule is Cc1ccc(-c2cnc(CCC(=O)NCC(c3ccccc3)N3CCCC3)o2)cc1C. The van der Waals surface area contributed by atoms with E-state index in [0.29, 0.717) is 25.3 Å². The molecule has 1 aliphatic rings. The van der Waals surface area contributed by atoms with Crippen molar-refractivity contribution >= 4 is 5.91 Å². The second-order valence-electron chi connectivity index (χ2n) is 8.39. The highest BCUT2D eigenvalue weighted by Gasteiger charge is 2.23. The van der Waals surface area contributed by atoms with Gasteiger partial charge in [0.15, 0.2) is 11.7 Å². The highest BCUT2D eigenvalue weighted by Crippen LogP contribution is 2.25. The van der Waals surface area contributed by atoms with Crippen molar-refractivity contribution in [2.24, 2.45) is 0 Å². The van der Waals surface area contributed by atoms with Crippen molar-refractivity contribution in [2.75, 3.05) is 19.6 Å². The van der Waals surface area contributed by atoms with Crippen LogP contribution in [0.4, 0.5) is 0 Å². The van der Waals surface area contributed by atoms with Crippen molar-refractivity contribution < 1.29 is 9.21 Å². The van der Waals surface area contributed by atoms with Crippen molar-refractivity contribution in [3.8, 4) is 11.3 Å². The van der Waals surface area contributed by atoms with Crippen LogP contribution >= 0.6 is 0 Å². The number of hydrogen-bond acceptors (Lipinski definition) is 4. The summed E-state index contributed by atoms with van der Waals surface area (Å²) >= 11 is 0. The first-order valence-corrected chi connectivity index (χ1v) is 11.2. The largest absolute Gasteiger partial charge is 0.441 e. The Bertz CT molecular complexity index is 1010. The first-order chi connectivity index (χ1) is 15.1. The zero-order chi connectivity index (χ0) is 21.6. The van der Waals surface area contributed by atoms with Gasteiger partial charge < -0.3 is 9.73 Å². The van der Waals surface area contributed by atoms with E-state index in [4.69, 9.17) is 4.42 Å². The number of rotatable bonds is 8. The Morgan fingerprint density at radius 1 is 1.10 bits per heavy atom. The number of nitrogens with one attached hydrogen (secondary N) is 1. The first kappa shape index (κ1) is 21.3. The fraction of sp³-hybridized carbons (Fsp3) is 0.385. The fourth-order valence-electron chi connectivity index (χ4n) is 4.16. The zero-order valence-electron chi connectivity index (χ0n) is 18.4. The molecular weight excluding hydrogens is 386 g/mol. The number of amides is 1. The van der Waals surface area contributed by atoms with Gasteiger partial charge in [-0.25, -0.2) is 4.98 Å². The fourth-order valence-corrected chi connectivity index (χ4v) is 4.16. The Hall–Kier alpha value is -2.92. The quantitative estimate of drug-likeness (QED) is 0.570. The van der Waals surface area contributed by atoms with Crippen LogP contribution in [0.15, 0.2) is 59.1 Å².